The highest BCUT2D eigenvalue weighted by Crippen LogP contribution is 2.21. The van der Waals surface area contributed by atoms with Gasteiger partial charge in [-0.2, -0.15) is 0 Å². The molecule has 2 N–H and O–H groups in total. The number of ether oxygens (including phenoxy) is 1. The Morgan fingerprint density at radius 2 is 1.84 bits per heavy atom. The zero-order chi connectivity index (χ0) is 22.3. The molecule has 0 saturated carbocycles. The van der Waals surface area contributed by atoms with Gasteiger partial charge < -0.3 is 15.0 Å². The van der Waals surface area contributed by atoms with Crippen molar-refractivity contribution in [2.24, 2.45) is 0 Å². The topological polar surface area (TPSA) is 118 Å². The Balaban J connectivity index is 1.63. The number of rotatable bonds is 9. The number of hydrogen-bond acceptors (Lipinski definition) is 7. The van der Waals surface area contributed by atoms with Gasteiger partial charge in [-0.1, -0.05) is 42.1 Å². The van der Waals surface area contributed by atoms with Crippen molar-refractivity contribution in [3.63, 3.8) is 0 Å². The summed E-state index contributed by atoms with van der Waals surface area (Å²) in [6.07, 6.45) is 1.01. The summed E-state index contributed by atoms with van der Waals surface area (Å²) in [5.41, 5.74) is 0.173. The van der Waals surface area contributed by atoms with Crippen LogP contribution < -0.4 is 15.6 Å². The van der Waals surface area contributed by atoms with Crippen LogP contribution in [-0.4, -0.2) is 36.7 Å². The molecule has 0 unspecified atom stereocenters. The molecule has 0 fully saturated rings. The van der Waals surface area contributed by atoms with E-state index in [1.54, 1.807) is 0 Å². The third kappa shape index (κ3) is 5.96. The number of sulfone groups is 1. The second kappa shape index (κ2) is 10.3. The number of thioether (sulfide) groups is 1. The van der Waals surface area contributed by atoms with Crippen molar-refractivity contribution in [1.82, 2.24) is 15.3 Å². The Hall–Kier alpha value is -3.11. The molecule has 2 aromatic carbocycles. The van der Waals surface area contributed by atoms with Gasteiger partial charge in [0.05, 0.1) is 23.5 Å². The summed E-state index contributed by atoms with van der Waals surface area (Å²) in [7, 11) is -4.04. The van der Waals surface area contributed by atoms with E-state index in [4.69, 9.17) is 4.74 Å². The van der Waals surface area contributed by atoms with E-state index in [-0.39, 0.29) is 21.7 Å². The largest absolute Gasteiger partial charge is 0.494 e. The van der Waals surface area contributed by atoms with Gasteiger partial charge in [0, 0.05) is 6.54 Å². The quantitative estimate of drug-likeness (QED) is 0.373. The maximum atomic E-state index is 12.7. The van der Waals surface area contributed by atoms with Crippen LogP contribution in [0, 0.1) is 0 Å². The summed E-state index contributed by atoms with van der Waals surface area (Å²) in [6.45, 7) is 2.67. The summed E-state index contributed by atoms with van der Waals surface area (Å²) < 4.78 is 30.8. The Kier molecular flexibility index (Phi) is 7.48. The average molecular weight is 460 g/mol. The van der Waals surface area contributed by atoms with Gasteiger partial charge in [0.1, 0.15) is 5.75 Å². The van der Waals surface area contributed by atoms with E-state index < -0.39 is 20.3 Å². The summed E-state index contributed by atoms with van der Waals surface area (Å²) in [6, 6.07) is 15.3. The summed E-state index contributed by atoms with van der Waals surface area (Å²) in [5, 5.41) is 2.93. The Morgan fingerprint density at radius 1 is 1.13 bits per heavy atom. The first kappa shape index (κ1) is 22.6. The second-order valence-corrected chi connectivity index (χ2v) is 9.22. The third-order valence-electron chi connectivity index (χ3n) is 4.15. The molecule has 3 aromatic rings. The summed E-state index contributed by atoms with van der Waals surface area (Å²) in [5.74, 6) is 0.328. The molecule has 0 spiro atoms. The zero-order valence-corrected chi connectivity index (χ0v) is 18.3. The predicted octanol–water partition coefficient (Wildman–Crippen LogP) is 2.41. The van der Waals surface area contributed by atoms with Crippen molar-refractivity contribution in [1.29, 1.82) is 0 Å². The number of aromatic amines is 1. The molecule has 10 heteroatoms. The van der Waals surface area contributed by atoms with Crippen LogP contribution in [0.4, 0.5) is 0 Å². The number of hydrogen-bond donors (Lipinski definition) is 2. The maximum Gasteiger partial charge on any atom is 0.270 e. The Bertz CT molecular complexity index is 1190. The normalized spacial score (nSPS) is 11.1. The second-order valence-electron chi connectivity index (χ2n) is 6.34. The van der Waals surface area contributed by atoms with Crippen molar-refractivity contribution in [3.05, 3.63) is 76.7 Å². The van der Waals surface area contributed by atoms with Gasteiger partial charge in [0.2, 0.25) is 15.7 Å². The van der Waals surface area contributed by atoms with Crippen LogP contribution in [0.25, 0.3) is 0 Å². The van der Waals surface area contributed by atoms with Crippen LogP contribution in [0.1, 0.15) is 12.5 Å². The third-order valence-corrected chi connectivity index (χ3v) is 6.80. The number of H-pyrrole nitrogens is 1. The Labute approximate surface area is 184 Å². The Morgan fingerprint density at radius 3 is 2.48 bits per heavy atom. The van der Waals surface area contributed by atoms with E-state index in [2.05, 4.69) is 15.3 Å². The van der Waals surface area contributed by atoms with E-state index in [9.17, 15) is 18.0 Å². The fourth-order valence-corrected chi connectivity index (χ4v) is 4.52. The molecule has 0 aliphatic carbocycles. The summed E-state index contributed by atoms with van der Waals surface area (Å²) >= 11 is 1.01. The molecule has 1 aromatic heterocycles. The lowest BCUT2D eigenvalue weighted by Crippen LogP contribution is -2.25. The van der Waals surface area contributed by atoms with Crippen LogP contribution in [0.15, 0.2) is 80.5 Å². The van der Waals surface area contributed by atoms with Gasteiger partial charge in [-0.15, -0.1) is 0 Å². The average Bonchev–Trinajstić information content (AvgIpc) is 2.77. The number of carbonyl (C=O) groups excluding carboxylic acids is 1. The molecule has 1 amide bonds. The number of nitrogens with one attached hydrogen (secondary N) is 2. The molecule has 0 aliphatic rings. The molecule has 3 rings (SSSR count). The fourth-order valence-electron chi connectivity index (χ4n) is 2.62. The van der Waals surface area contributed by atoms with Crippen molar-refractivity contribution in [2.45, 2.75) is 28.4 Å². The lowest BCUT2D eigenvalue weighted by Gasteiger charge is -2.07. The first-order chi connectivity index (χ1) is 14.9. The molecular weight excluding hydrogens is 438 g/mol. The van der Waals surface area contributed by atoms with Crippen LogP contribution in [0.3, 0.4) is 0 Å². The van der Waals surface area contributed by atoms with Gasteiger partial charge in [-0.3, -0.25) is 9.59 Å². The van der Waals surface area contributed by atoms with E-state index in [0.29, 0.717) is 18.9 Å². The highest BCUT2D eigenvalue weighted by molar-refractivity contribution is 7.99. The number of amides is 1. The predicted molar refractivity (Wildman–Crippen MR) is 117 cm³/mol. The molecule has 8 nitrogen and oxygen atoms in total. The first-order valence-corrected chi connectivity index (χ1v) is 11.9. The van der Waals surface area contributed by atoms with Crippen molar-refractivity contribution in [2.75, 3.05) is 12.4 Å². The molecule has 31 heavy (non-hydrogen) atoms. The summed E-state index contributed by atoms with van der Waals surface area (Å²) in [4.78, 5) is 30.3. The lowest BCUT2D eigenvalue weighted by atomic mass is 10.2. The fraction of sp³-hybridized carbons (Fsp3) is 0.190. The van der Waals surface area contributed by atoms with E-state index in [1.165, 1.54) is 24.3 Å². The minimum Gasteiger partial charge on any atom is -0.494 e. The number of nitrogens with zero attached hydrogens (tertiary/aromatic N) is 1. The SMILES string of the molecule is CCOc1ccc(S(=O)(=O)c2cnc(SCC(=O)NCc3ccccc3)[nH]c2=O)cc1. The first-order valence-electron chi connectivity index (χ1n) is 9.41. The van der Waals surface area contributed by atoms with Gasteiger partial charge in [-0.05, 0) is 36.8 Å². The highest BCUT2D eigenvalue weighted by Gasteiger charge is 2.22. The van der Waals surface area contributed by atoms with Gasteiger partial charge in [-0.25, -0.2) is 13.4 Å². The molecule has 162 valence electrons. The van der Waals surface area contributed by atoms with Crippen molar-refractivity contribution >= 4 is 27.5 Å². The van der Waals surface area contributed by atoms with Crippen molar-refractivity contribution < 1.29 is 17.9 Å². The van der Waals surface area contributed by atoms with Crippen molar-refractivity contribution in [3.8, 4) is 5.75 Å². The van der Waals surface area contributed by atoms with E-state index in [0.717, 1.165) is 23.5 Å². The van der Waals surface area contributed by atoms with Crippen LogP contribution in [-0.2, 0) is 21.2 Å². The number of benzene rings is 2. The number of aromatic nitrogens is 2. The molecule has 0 radical (unpaired) electrons. The molecule has 0 saturated heterocycles. The van der Waals surface area contributed by atoms with E-state index in [1.807, 2.05) is 37.3 Å². The smallest absolute Gasteiger partial charge is 0.270 e. The van der Waals surface area contributed by atoms with Gasteiger partial charge in [0.15, 0.2) is 10.1 Å². The van der Waals surface area contributed by atoms with Crippen LogP contribution in [0.5, 0.6) is 5.75 Å². The molecule has 0 aliphatic heterocycles. The minimum atomic E-state index is -4.04. The molecule has 1 heterocycles. The highest BCUT2D eigenvalue weighted by atomic mass is 32.2. The van der Waals surface area contributed by atoms with E-state index >= 15 is 0 Å². The molecule has 0 atom stereocenters. The zero-order valence-electron chi connectivity index (χ0n) is 16.7. The number of carbonyl (C=O) groups is 1. The standard InChI is InChI=1S/C21H21N3O5S2/c1-2-29-16-8-10-17(11-9-16)31(27,28)18-13-23-21(24-20(18)26)30-14-19(25)22-12-15-6-4-3-5-7-15/h3-11,13H,2,12,14H2,1H3,(H,22,25)(H,23,24,26). The maximum absolute atomic E-state index is 12.7. The van der Waals surface area contributed by atoms with Gasteiger partial charge >= 0.3 is 0 Å². The monoisotopic (exact) mass is 459 g/mol. The molecule has 0 bridgehead atoms. The van der Waals surface area contributed by atoms with Crippen LogP contribution >= 0.6 is 11.8 Å². The minimum absolute atomic E-state index is 0.0285. The molecular formula is C21H21N3O5S2. The van der Waals surface area contributed by atoms with Crippen LogP contribution in [0.2, 0.25) is 0 Å². The lowest BCUT2D eigenvalue weighted by molar-refractivity contribution is -0.118. The van der Waals surface area contributed by atoms with Gasteiger partial charge in [0.25, 0.3) is 5.56 Å².